The lowest BCUT2D eigenvalue weighted by Gasteiger charge is -2.09. The van der Waals surface area contributed by atoms with Crippen molar-refractivity contribution in [2.24, 2.45) is 5.84 Å². The number of anilines is 2. The fraction of sp³-hybridized carbons (Fsp3) is 0. The second kappa shape index (κ2) is 5.74. The molecular formula is C12H10FN5O2S. The highest BCUT2D eigenvalue weighted by Crippen LogP contribution is 2.20. The van der Waals surface area contributed by atoms with Crippen molar-refractivity contribution in [3.05, 3.63) is 47.9 Å². The van der Waals surface area contributed by atoms with E-state index in [4.69, 9.17) is 11.1 Å². The minimum Gasteiger partial charge on any atom is -0.308 e. The summed E-state index contributed by atoms with van der Waals surface area (Å²) in [7, 11) is -3.94. The van der Waals surface area contributed by atoms with Gasteiger partial charge in [-0.25, -0.2) is 23.6 Å². The molecule has 1 heterocycles. The molecule has 108 valence electrons. The van der Waals surface area contributed by atoms with E-state index < -0.39 is 15.8 Å². The van der Waals surface area contributed by atoms with Gasteiger partial charge < -0.3 is 5.43 Å². The fourth-order valence-electron chi connectivity index (χ4n) is 1.53. The SMILES string of the molecule is N#Cc1cc(F)ccc1NS(=O)(=O)c1ccc(NN)nc1. The van der Waals surface area contributed by atoms with Crippen LogP contribution in [-0.2, 0) is 10.0 Å². The molecule has 2 rings (SSSR count). The Morgan fingerprint density at radius 1 is 1.29 bits per heavy atom. The van der Waals surface area contributed by atoms with Crippen LogP contribution in [0.4, 0.5) is 15.9 Å². The smallest absolute Gasteiger partial charge is 0.263 e. The number of hydrogen-bond donors (Lipinski definition) is 3. The number of hydrazine groups is 1. The first kappa shape index (κ1) is 14.7. The van der Waals surface area contributed by atoms with Crippen LogP contribution in [0.25, 0.3) is 0 Å². The molecule has 0 aliphatic rings. The number of nitrogens with two attached hydrogens (primary N) is 1. The van der Waals surface area contributed by atoms with Gasteiger partial charge in [0.15, 0.2) is 0 Å². The lowest BCUT2D eigenvalue weighted by Crippen LogP contribution is -2.15. The number of benzene rings is 1. The second-order valence-corrected chi connectivity index (χ2v) is 5.61. The van der Waals surface area contributed by atoms with Crippen LogP contribution >= 0.6 is 0 Å². The number of halogens is 1. The number of nitrogens with zero attached hydrogens (tertiary/aromatic N) is 2. The third-order valence-electron chi connectivity index (χ3n) is 2.54. The molecule has 4 N–H and O–H groups in total. The molecule has 9 heteroatoms. The second-order valence-electron chi connectivity index (χ2n) is 3.93. The Kier molecular flexibility index (Phi) is 4.02. The van der Waals surface area contributed by atoms with Gasteiger partial charge in [-0.1, -0.05) is 0 Å². The van der Waals surface area contributed by atoms with Gasteiger partial charge in [0.1, 0.15) is 22.6 Å². The van der Waals surface area contributed by atoms with E-state index in [-0.39, 0.29) is 16.1 Å². The Morgan fingerprint density at radius 2 is 2.05 bits per heavy atom. The molecule has 21 heavy (non-hydrogen) atoms. The Labute approximate surface area is 120 Å². The number of aromatic nitrogens is 1. The monoisotopic (exact) mass is 307 g/mol. The summed E-state index contributed by atoms with van der Waals surface area (Å²) in [5, 5.41) is 8.89. The summed E-state index contributed by atoms with van der Waals surface area (Å²) in [4.78, 5) is 3.67. The summed E-state index contributed by atoms with van der Waals surface area (Å²) in [6.07, 6.45) is 1.10. The number of nitrogens with one attached hydrogen (secondary N) is 2. The molecule has 7 nitrogen and oxygen atoms in total. The molecule has 0 aliphatic carbocycles. The zero-order chi connectivity index (χ0) is 15.5. The average Bonchev–Trinajstić information content (AvgIpc) is 2.49. The van der Waals surface area contributed by atoms with Gasteiger partial charge in [0.2, 0.25) is 0 Å². The highest BCUT2D eigenvalue weighted by molar-refractivity contribution is 7.92. The van der Waals surface area contributed by atoms with Crippen LogP contribution < -0.4 is 16.0 Å². The van der Waals surface area contributed by atoms with Crippen LogP contribution in [0.3, 0.4) is 0 Å². The number of nitrogen functional groups attached to an aromatic ring is 1. The van der Waals surface area contributed by atoms with Crippen molar-refractivity contribution in [3.63, 3.8) is 0 Å². The topological polar surface area (TPSA) is 121 Å². The maximum absolute atomic E-state index is 13.0. The molecule has 0 radical (unpaired) electrons. The fourth-order valence-corrected chi connectivity index (χ4v) is 2.55. The van der Waals surface area contributed by atoms with Crippen LogP contribution in [0.5, 0.6) is 0 Å². The van der Waals surface area contributed by atoms with E-state index >= 15 is 0 Å². The molecule has 0 saturated carbocycles. The lowest BCUT2D eigenvalue weighted by atomic mass is 10.2. The predicted octanol–water partition coefficient (Wildman–Crippen LogP) is 1.18. The Bertz CT molecular complexity index is 799. The van der Waals surface area contributed by atoms with Crippen molar-refractivity contribution in [1.29, 1.82) is 5.26 Å². The van der Waals surface area contributed by atoms with E-state index in [0.29, 0.717) is 5.82 Å². The zero-order valence-electron chi connectivity index (χ0n) is 10.5. The molecule has 2 aromatic rings. The molecular weight excluding hydrogens is 297 g/mol. The van der Waals surface area contributed by atoms with Gasteiger partial charge in [-0.05, 0) is 30.3 Å². The summed E-state index contributed by atoms with van der Waals surface area (Å²) < 4.78 is 39.5. The number of pyridine rings is 1. The summed E-state index contributed by atoms with van der Waals surface area (Å²) in [6, 6.07) is 7.56. The molecule has 0 bridgehead atoms. The maximum Gasteiger partial charge on any atom is 0.263 e. The van der Waals surface area contributed by atoms with Gasteiger partial charge in [0.05, 0.1) is 11.3 Å². The third-order valence-corrected chi connectivity index (χ3v) is 3.89. The Hall–Kier alpha value is -2.70. The normalized spacial score (nSPS) is 10.7. The van der Waals surface area contributed by atoms with Gasteiger partial charge >= 0.3 is 0 Å². The first-order valence-electron chi connectivity index (χ1n) is 5.61. The van der Waals surface area contributed by atoms with Crippen molar-refractivity contribution >= 4 is 21.5 Å². The minimum atomic E-state index is -3.94. The third kappa shape index (κ3) is 3.25. The molecule has 0 saturated heterocycles. The highest BCUT2D eigenvalue weighted by Gasteiger charge is 2.17. The van der Waals surface area contributed by atoms with E-state index in [2.05, 4.69) is 15.1 Å². The number of sulfonamides is 1. The Morgan fingerprint density at radius 3 is 2.62 bits per heavy atom. The predicted molar refractivity (Wildman–Crippen MR) is 74.0 cm³/mol. The summed E-state index contributed by atoms with van der Waals surface area (Å²) in [6.45, 7) is 0. The first-order valence-corrected chi connectivity index (χ1v) is 7.10. The van der Waals surface area contributed by atoms with E-state index in [9.17, 15) is 12.8 Å². The van der Waals surface area contributed by atoms with Crippen molar-refractivity contribution in [2.45, 2.75) is 4.90 Å². The van der Waals surface area contributed by atoms with Crippen molar-refractivity contribution in [2.75, 3.05) is 10.1 Å². The maximum atomic E-state index is 13.0. The quantitative estimate of drug-likeness (QED) is 0.576. The van der Waals surface area contributed by atoms with Gasteiger partial charge in [-0.3, -0.25) is 4.72 Å². The van der Waals surface area contributed by atoms with E-state index in [1.807, 2.05) is 0 Å². The van der Waals surface area contributed by atoms with Crippen LogP contribution in [0, 0.1) is 17.1 Å². The van der Waals surface area contributed by atoms with Crippen molar-refractivity contribution in [1.82, 2.24) is 4.98 Å². The van der Waals surface area contributed by atoms with Crippen LogP contribution in [0.2, 0.25) is 0 Å². The summed E-state index contributed by atoms with van der Waals surface area (Å²) in [5.74, 6) is 4.80. The summed E-state index contributed by atoms with van der Waals surface area (Å²) >= 11 is 0. The van der Waals surface area contributed by atoms with Crippen LogP contribution in [-0.4, -0.2) is 13.4 Å². The van der Waals surface area contributed by atoms with Crippen LogP contribution in [0.15, 0.2) is 41.4 Å². The molecule has 0 fully saturated rings. The highest BCUT2D eigenvalue weighted by atomic mass is 32.2. The molecule has 0 aliphatic heterocycles. The average molecular weight is 307 g/mol. The number of hydrogen-bond acceptors (Lipinski definition) is 6. The van der Waals surface area contributed by atoms with E-state index in [1.54, 1.807) is 6.07 Å². The van der Waals surface area contributed by atoms with Crippen LogP contribution in [0.1, 0.15) is 5.56 Å². The van der Waals surface area contributed by atoms with E-state index in [0.717, 1.165) is 18.3 Å². The molecule has 0 amide bonds. The molecule has 0 unspecified atom stereocenters. The lowest BCUT2D eigenvalue weighted by molar-refractivity contribution is 0.600. The van der Waals surface area contributed by atoms with Crippen molar-refractivity contribution in [3.8, 4) is 6.07 Å². The first-order chi connectivity index (χ1) is 9.96. The van der Waals surface area contributed by atoms with Gasteiger partial charge in [0, 0.05) is 6.20 Å². The summed E-state index contributed by atoms with van der Waals surface area (Å²) in [5.41, 5.74) is 2.14. The standard InChI is InChI=1S/C12H10FN5O2S/c13-9-1-3-11(8(5-9)6-14)18-21(19,20)10-2-4-12(17-15)16-7-10/h1-5,7,18H,15H2,(H,16,17). The molecule has 1 aromatic carbocycles. The van der Waals surface area contributed by atoms with Gasteiger partial charge in [0.25, 0.3) is 10.0 Å². The number of rotatable bonds is 4. The minimum absolute atomic E-state index is 0.0140. The molecule has 1 aromatic heterocycles. The van der Waals surface area contributed by atoms with Crippen molar-refractivity contribution < 1.29 is 12.8 Å². The Balaban J connectivity index is 2.35. The molecule has 0 atom stereocenters. The van der Waals surface area contributed by atoms with Gasteiger partial charge in [-0.15, -0.1) is 0 Å². The largest absolute Gasteiger partial charge is 0.308 e. The van der Waals surface area contributed by atoms with E-state index in [1.165, 1.54) is 18.2 Å². The van der Waals surface area contributed by atoms with Gasteiger partial charge in [-0.2, -0.15) is 5.26 Å². The zero-order valence-corrected chi connectivity index (χ0v) is 11.4. The molecule has 0 spiro atoms. The number of nitriles is 1.